The maximum absolute atomic E-state index is 10.3. The average Bonchev–Trinajstić information content (AvgIpc) is 2.12. The fourth-order valence-electron chi connectivity index (χ4n) is 1.21. The van der Waals surface area contributed by atoms with E-state index in [4.69, 9.17) is 5.11 Å². The van der Waals surface area contributed by atoms with E-state index >= 15 is 0 Å². The van der Waals surface area contributed by atoms with Crippen LogP contribution in [0.3, 0.4) is 0 Å². The van der Waals surface area contributed by atoms with Gasteiger partial charge in [0.25, 0.3) is 0 Å². The third-order valence-electron chi connectivity index (χ3n) is 3.67. The Labute approximate surface area is 104 Å². The molecule has 0 saturated heterocycles. The van der Waals surface area contributed by atoms with Gasteiger partial charge in [-0.05, 0) is 17.3 Å². The average molecular weight is 245 g/mol. The van der Waals surface area contributed by atoms with Gasteiger partial charge in [0.2, 0.25) is 0 Å². The molecule has 0 aliphatic rings. The molecule has 3 N–H and O–H groups in total. The van der Waals surface area contributed by atoms with E-state index in [1.165, 1.54) is 0 Å². The molecule has 4 nitrogen and oxygen atoms in total. The second-order valence-corrected chi connectivity index (χ2v) is 6.35. The van der Waals surface area contributed by atoms with Crippen LogP contribution in [0.1, 0.15) is 47.5 Å². The Hall–Kier alpha value is -0.610. The van der Waals surface area contributed by atoms with E-state index in [0.29, 0.717) is 13.0 Å². The summed E-state index contributed by atoms with van der Waals surface area (Å²) in [6.07, 6.45) is -0.258. The van der Waals surface area contributed by atoms with Gasteiger partial charge in [-0.3, -0.25) is 4.79 Å². The number of carboxylic acid groups (broad SMARTS) is 1. The number of carbonyl (C=O) groups is 1. The molecule has 102 valence electrons. The Balaban J connectivity index is 3.87. The van der Waals surface area contributed by atoms with Gasteiger partial charge in [-0.15, -0.1) is 0 Å². The molecule has 4 heteroatoms. The van der Waals surface area contributed by atoms with Crippen molar-refractivity contribution in [1.82, 2.24) is 5.32 Å². The molecule has 0 aliphatic heterocycles. The molecule has 1 unspecified atom stereocenters. The van der Waals surface area contributed by atoms with E-state index in [1.807, 2.05) is 0 Å². The summed E-state index contributed by atoms with van der Waals surface area (Å²) < 4.78 is 0. The number of nitrogens with one attached hydrogen (secondary N) is 1. The molecule has 0 amide bonds. The normalized spacial score (nSPS) is 14.7. The minimum absolute atomic E-state index is 0.0194. The van der Waals surface area contributed by atoms with Crippen LogP contribution in [0.5, 0.6) is 0 Å². The van der Waals surface area contributed by atoms with Crippen molar-refractivity contribution in [2.75, 3.05) is 13.1 Å². The zero-order valence-electron chi connectivity index (χ0n) is 11.7. The summed E-state index contributed by atoms with van der Waals surface area (Å²) in [6, 6.07) is 0. The Morgan fingerprint density at radius 1 is 1.24 bits per heavy atom. The lowest BCUT2D eigenvalue weighted by Gasteiger charge is -2.39. The van der Waals surface area contributed by atoms with Crippen molar-refractivity contribution < 1.29 is 15.0 Å². The molecule has 0 spiro atoms. The van der Waals surface area contributed by atoms with E-state index < -0.39 is 12.1 Å². The topological polar surface area (TPSA) is 69.6 Å². The predicted octanol–water partition coefficient (Wildman–Crippen LogP) is 1.87. The van der Waals surface area contributed by atoms with Crippen LogP contribution in [0.25, 0.3) is 0 Å². The van der Waals surface area contributed by atoms with Crippen LogP contribution in [0.4, 0.5) is 0 Å². The number of hydrogen-bond donors (Lipinski definition) is 3. The molecule has 0 aromatic heterocycles. The minimum Gasteiger partial charge on any atom is -0.481 e. The molecule has 0 rings (SSSR count). The van der Waals surface area contributed by atoms with Gasteiger partial charge in [-0.25, -0.2) is 0 Å². The standard InChI is InChI=1S/C13H27NO3/c1-12(2,3)13(4,5)9-14-8-10(15)6-7-11(16)17/h10,14-15H,6-9H2,1-5H3,(H,16,17). The molecule has 0 radical (unpaired) electrons. The molecule has 0 aromatic rings. The van der Waals surface area contributed by atoms with E-state index in [1.54, 1.807) is 0 Å². The molecule has 0 heterocycles. The van der Waals surface area contributed by atoms with Crippen molar-refractivity contribution >= 4 is 5.97 Å². The number of aliphatic carboxylic acids is 1. The number of carboxylic acids is 1. The van der Waals surface area contributed by atoms with Crippen LogP contribution in [-0.2, 0) is 4.79 Å². The second-order valence-electron chi connectivity index (χ2n) is 6.35. The summed E-state index contributed by atoms with van der Waals surface area (Å²) >= 11 is 0. The first-order valence-corrected chi connectivity index (χ1v) is 6.17. The van der Waals surface area contributed by atoms with Gasteiger partial charge < -0.3 is 15.5 Å². The molecule has 1 atom stereocenters. The summed E-state index contributed by atoms with van der Waals surface area (Å²) in [6.45, 7) is 12.2. The molecule has 0 aliphatic carbocycles. The first-order valence-electron chi connectivity index (χ1n) is 6.17. The molecule has 0 aromatic carbocycles. The Bertz CT molecular complexity index is 244. The van der Waals surface area contributed by atoms with Gasteiger partial charge in [0.15, 0.2) is 0 Å². The van der Waals surface area contributed by atoms with Crippen LogP contribution < -0.4 is 5.32 Å². The Morgan fingerprint density at radius 3 is 2.18 bits per heavy atom. The van der Waals surface area contributed by atoms with Crippen molar-refractivity contribution in [1.29, 1.82) is 0 Å². The van der Waals surface area contributed by atoms with Crippen LogP contribution >= 0.6 is 0 Å². The number of aliphatic hydroxyl groups is 1. The molecule has 0 bridgehead atoms. The summed E-state index contributed by atoms with van der Waals surface area (Å²) in [5, 5.41) is 21.3. The smallest absolute Gasteiger partial charge is 0.303 e. The summed E-state index contributed by atoms with van der Waals surface area (Å²) in [7, 11) is 0. The fraction of sp³-hybridized carbons (Fsp3) is 0.923. The third kappa shape index (κ3) is 6.64. The van der Waals surface area contributed by atoms with Crippen molar-refractivity contribution in [2.24, 2.45) is 10.8 Å². The largest absolute Gasteiger partial charge is 0.481 e. The zero-order chi connectivity index (χ0) is 13.7. The van der Waals surface area contributed by atoms with Gasteiger partial charge in [0.1, 0.15) is 0 Å². The Kier molecular flexibility index (Phi) is 6.13. The van der Waals surface area contributed by atoms with E-state index in [0.717, 1.165) is 6.54 Å². The molecule has 0 saturated carbocycles. The van der Waals surface area contributed by atoms with Crippen LogP contribution in [-0.4, -0.2) is 35.4 Å². The van der Waals surface area contributed by atoms with Gasteiger partial charge in [0.05, 0.1) is 6.10 Å². The highest BCUT2D eigenvalue weighted by Gasteiger charge is 2.32. The maximum Gasteiger partial charge on any atom is 0.303 e. The molecular weight excluding hydrogens is 218 g/mol. The highest BCUT2D eigenvalue weighted by atomic mass is 16.4. The summed E-state index contributed by atoms with van der Waals surface area (Å²) in [4.78, 5) is 10.3. The monoisotopic (exact) mass is 245 g/mol. The van der Waals surface area contributed by atoms with Crippen molar-refractivity contribution in [3.8, 4) is 0 Å². The molecule has 0 fully saturated rings. The van der Waals surface area contributed by atoms with E-state index in [-0.39, 0.29) is 17.3 Å². The fourth-order valence-corrected chi connectivity index (χ4v) is 1.21. The minimum atomic E-state index is -0.862. The van der Waals surface area contributed by atoms with Crippen molar-refractivity contribution in [2.45, 2.75) is 53.6 Å². The van der Waals surface area contributed by atoms with E-state index in [2.05, 4.69) is 39.9 Å². The lowest BCUT2D eigenvalue weighted by molar-refractivity contribution is -0.137. The summed E-state index contributed by atoms with van der Waals surface area (Å²) in [5.74, 6) is -0.862. The lowest BCUT2D eigenvalue weighted by Crippen LogP contribution is -2.41. The van der Waals surface area contributed by atoms with Crippen LogP contribution in [0, 0.1) is 10.8 Å². The van der Waals surface area contributed by atoms with Gasteiger partial charge in [-0.1, -0.05) is 34.6 Å². The van der Waals surface area contributed by atoms with Gasteiger partial charge in [0, 0.05) is 19.5 Å². The summed E-state index contributed by atoms with van der Waals surface area (Å²) in [5.41, 5.74) is 0.311. The zero-order valence-corrected chi connectivity index (χ0v) is 11.7. The lowest BCUT2D eigenvalue weighted by atomic mass is 9.69. The predicted molar refractivity (Wildman–Crippen MR) is 69.0 cm³/mol. The van der Waals surface area contributed by atoms with E-state index in [9.17, 15) is 9.90 Å². The van der Waals surface area contributed by atoms with Crippen LogP contribution in [0.15, 0.2) is 0 Å². The molecule has 17 heavy (non-hydrogen) atoms. The number of aliphatic hydroxyl groups excluding tert-OH is 1. The number of rotatable bonds is 7. The maximum atomic E-state index is 10.3. The van der Waals surface area contributed by atoms with Gasteiger partial charge in [-0.2, -0.15) is 0 Å². The highest BCUT2D eigenvalue weighted by Crippen LogP contribution is 2.36. The van der Waals surface area contributed by atoms with Gasteiger partial charge >= 0.3 is 5.97 Å². The first kappa shape index (κ1) is 16.4. The third-order valence-corrected chi connectivity index (χ3v) is 3.67. The first-order chi connectivity index (χ1) is 7.56. The van der Waals surface area contributed by atoms with Crippen molar-refractivity contribution in [3.63, 3.8) is 0 Å². The Morgan fingerprint density at radius 2 is 1.76 bits per heavy atom. The second kappa shape index (κ2) is 6.36. The van der Waals surface area contributed by atoms with Crippen molar-refractivity contribution in [3.05, 3.63) is 0 Å². The quantitative estimate of drug-likeness (QED) is 0.640. The number of hydrogen-bond acceptors (Lipinski definition) is 3. The van der Waals surface area contributed by atoms with Crippen LogP contribution in [0.2, 0.25) is 0 Å². The highest BCUT2D eigenvalue weighted by molar-refractivity contribution is 5.66. The SMILES string of the molecule is CC(C)(C)C(C)(C)CNCC(O)CCC(=O)O. The molecular formula is C13H27NO3.